The number of hydrogen-bond acceptors (Lipinski definition) is 2. The van der Waals surface area contributed by atoms with Crippen molar-refractivity contribution in [1.29, 1.82) is 0 Å². The molecule has 0 spiro atoms. The van der Waals surface area contributed by atoms with Gasteiger partial charge in [-0.2, -0.15) is 0 Å². The lowest BCUT2D eigenvalue weighted by Crippen LogP contribution is -2.30. The van der Waals surface area contributed by atoms with Gasteiger partial charge in [-0.15, -0.1) is 0 Å². The van der Waals surface area contributed by atoms with Crippen LogP contribution in [-0.2, 0) is 22.6 Å². The number of carbonyl (C=O) groups is 1. The smallest absolute Gasteiger partial charge is 0.152 e. The Morgan fingerprint density at radius 2 is 1.83 bits per heavy atom. The van der Waals surface area contributed by atoms with Crippen molar-refractivity contribution in [2.45, 2.75) is 38.6 Å². The quantitative estimate of drug-likeness (QED) is 0.774. The maximum Gasteiger partial charge on any atom is 0.152 e. The number of alkyl halides is 1. The molecule has 0 aliphatic rings. The van der Waals surface area contributed by atoms with Gasteiger partial charge in [0.2, 0.25) is 0 Å². The summed E-state index contributed by atoms with van der Waals surface area (Å²) in [7, 11) is 1.68. The first-order valence-corrected chi connectivity index (χ1v) is 7.02. The van der Waals surface area contributed by atoms with Gasteiger partial charge < -0.3 is 4.74 Å². The van der Waals surface area contributed by atoms with E-state index in [1.807, 2.05) is 39.0 Å². The van der Waals surface area contributed by atoms with Crippen molar-refractivity contribution >= 4 is 21.7 Å². The molecule has 0 saturated heterocycles. The van der Waals surface area contributed by atoms with Crippen LogP contribution in [0.2, 0.25) is 0 Å². The summed E-state index contributed by atoms with van der Waals surface area (Å²) < 4.78 is 5.18. The minimum atomic E-state index is -0.315. The number of Topliss-reactive ketones (excluding diaryl/α,β-unsaturated/α-hetero) is 1. The molecule has 0 amide bonds. The fourth-order valence-electron chi connectivity index (χ4n) is 1.81. The fraction of sp³-hybridized carbons (Fsp3) is 0.533. The fourth-order valence-corrected chi connectivity index (χ4v) is 2.84. The first kappa shape index (κ1) is 15.4. The predicted octanol–water partition coefficient (Wildman–Crippen LogP) is 3.75. The molecule has 0 bridgehead atoms. The minimum absolute atomic E-state index is 0.143. The van der Waals surface area contributed by atoms with Gasteiger partial charge in [0.15, 0.2) is 5.78 Å². The number of methoxy groups -OCH3 is 1. The van der Waals surface area contributed by atoms with Gasteiger partial charge in [0, 0.05) is 12.5 Å². The standard InChI is InChI=1S/C15H21BrO2/c1-15(2,3)14(17)13(16)9-11-7-5-6-8-12(11)10-18-4/h5-8,13H,9-10H2,1-4H3. The number of ketones is 1. The number of benzene rings is 1. The summed E-state index contributed by atoms with van der Waals surface area (Å²) >= 11 is 3.51. The van der Waals surface area contributed by atoms with Crippen LogP contribution in [0, 0.1) is 5.41 Å². The van der Waals surface area contributed by atoms with Gasteiger partial charge in [-0.05, 0) is 17.5 Å². The van der Waals surface area contributed by atoms with E-state index in [1.54, 1.807) is 7.11 Å². The van der Waals surface area contributed by atoms with Gasteiger partial charge in [-0.1, -0.05) is 61.0 Å². The van der Waals surface area contributed by atoms with Crippen molar-refractivity contribution in [2.75, 3.05) is 7.11 Å². The first-order chi connectivity index (χ1) is 8.36. The van der Waals surface area contributed by atoms with E-state index in [9.17, 15) is 4.79 Å². The summed E-state index contributed by atoms with van der Waals surface area (Å²) in [4.78, 5) is 12.0. The highest BCUT2D eigenvalue weighted by atomic mass is 79.9. The van der Waals surface area contributed by atoms with E-state index in [-0.39, 0.29) is 16.0 Å². The molecule has 2 nitrogen and oxygen atoms in total. The van der Waals surface area contributed by atoms with E-state index in [2.05, 4.69) is 22.0 Å². The molecular formula is C15H21BrO2. The Morgan fingerprint density at radius 3 is 2.33 bits per heavy atom. The van der Waals surface area contributed by atoms with E-state index in [1.165, 1.54) is 5.56 Å². The molecule has 100 valence electrons. The van der Waals surface area contributed by atoms with Crippen LogP contribution in [0.25, 0.3) is 0 Å². The molecule has 0 aromatic heterocycles. The summed E-state index contributed by atoms with van der Waals surface area (Å²) in [5.74, 6) is 0.231. The normalized spacial score (nSPS) is 13.4. The Hall–Kier alpha value is -0.670. The number of halogens is 1. The summed E-state index contributed by atoms with van der Waals surface area (Å²) in [6.45, 7) is 6.43. The molecule has 0 N–H and O–H groups in total. The highest BCUT2D eigenvalue weighted by Crippen LogP contribution is 2.24. The van der Waals surface area contributed by atoms with Crippen LogP contribution >= 0.6 is 15.9 Å². The maximum atomic E-state index is 12.2. The minimum Gasteiger partial charge on any atom is -0.380 e. The van der Waals surface area contributed by atoms with Crippen LogP contribution < -0.4 is 0 Å². The predicted molar refractivity (Wildman–Crippen MR) is 78.0 cm³/mol. The number of rotatable bonds is 5. The Kier molecular flexibility index (Phi) is 5.54. The Labute approximate surface area is 118 Å². The molecule has 0 radical (unpaired) electrons. The third kappa shape index (κ3) is 4.21. The molecule has 0 fully saturated rings. The Bertz CT molecular complexity index is 407. The first-order valence-electron chi connectivity index (χ1n) is 6.10. The second-order valence-corrected chi connectivity index (χ2v) is 6.59. The van der Waals surface area contributed by atoms with E-state index < -0.39 is 0 Å². The largest absolute Gasteiger partial charge is 0.380 e. The van der Waals surface area contributed by atoms with Crippen molar-refractivity contribution < 1.29 is 9.53 Å². The molecule has 1 aromatic rings. The molecule has 1 rings (SSSR count). The maximum absolute atomic E-state index is 12.2. The molecular weight excluding hydrogens is 292 g/mol. The van der Waals surface area contributed by atoms with Crippen molar-refractivity contribution in [3.63, 3.8) is 0 Å². The average Bonchev–Trinajstić information content (AvgIpc) is 2.29. The molecule has 0 aliphatic carbocycles. The van der Waals surface area contributed by atoms with E-state index >= 15 is 0 Å². The van der Waals surface area contributed by atoms with Crippen molar-refractivity contribution in [2.24, 2.45) is 5.41 Å². The van der Waals surface area contributed by atoms with Gasteiger partial charge in [0.25, 0.3) is 0 Å². The van der Waals surface area contributed by atoms with Gasteiger partial charge in [0.05, 0.1) is 11.4 Å². The summed E-state index contributed by atoms with van der Waals surface area (Å²) in [6.07, 6.45) is 0.704. The molecule has 1 aromatic carbocycles. The topological polar surface area (TPSA) is 26.3 Å². The third-order valence-corrected chi connectivity index (χ3v) is 3.58. The lowest BCUT2D eigenvalue weighted by atomic mass is 9.87. The van der Waals surface area contributed by atoms with Gasteiger partial charge in [-0.3, -0.25) is 4.79 Å². The molecule has 1 atom stereocenters. The van der Waals surface area contributed by atoms with E-state index in [0.717, 1.165) is 5.56 Å². The monoisotopic (exact) mass is 312 g/mol. The Morgan fingerprint density at radius 1 is 1.28 bits per heavy atom. The van der Waals surface area contributed by atoms with Gasteiger partial charge >= 0.3 is 0 Å². The van der Waals surface area contributed by atoms with Crippen molar-refractivity contribution in [1.82, 2.24) is 0 Å². The van der Waals surface area contributed by atoms with Crippen LogP contribution in [0.15, 0.2) is 24.3 Å². The van der Waals surface area contributed by atoms with Crippen LogP contribution in [0.5, 0.6) is 0 Å². The number of ether oxygens (including phenoxy) is 1. The molecule has 0 aliphatic heterocycles. The summed E-state index contributed by atoms with van der Waals surface area (Å²) in [5, 5.41) is 0. The average molecular weight is 313 g/mol. The van der Waals surface area contributed by atoms with Crippen molar-refractivity contribution in [3.8, 4) is 0 Å². The van der Waals surface area contributed by atoms with Crippen molar-refractivity contribution in [3.05, 3.63) is 35.4 Å². The molecule has 3 heteroatoms. The van der Waals surface area contributed by atoms with Gasteiger partial charge in [0.1, 0.15) is 0 Å². The summed E-state index contributed by atoms with van der Waals surface area (Å²) in [5.41, 5.74) is 2.00. The van der Waals surface area contributed by atoms with E-state index in [4.69, 9.17) is 4.74 Å². The highest BCUT2D eigenvalue weighted by molar-refractivity contribution is 9.10. The lowest BCUT2D eigenvalue weighted by molar-refractivity contribution is -0.125. The van der Waals surface area contributed by atoms with Crippen LogP contribution in [-0.4, -0.2) is 17.7 Å². The third-order valence-electron chi connectivity index (χ3n) is 2.84. The van der Waals surface area contributed by atoms with Gasteiger partial charge in [-0.25, -0.2) is 0 Å². The molecule has 1 unspecified atom stereocenters. The van der Waals surface area contributed by atoms with Crippen LogP contribution in [0.3, 0.4) is 0 Å². The van der Waals surface area contributed by atoms with Crippen LogP contribution in [0.4, 0.5) is 0 Å². The Balaban J connectivity index is 2.81. The number of hydrogen-bond donors (Lipinski definition) is 0. The zero-order valence-electron chi connectivity index (χ0n) is 11.5. The second-order valence-electron chi connectivity index (χ2n) is 5.49. The number of carbonyl (C=O) groups excluding carboxylic acids is 1. The van der Waals surface area contributed by atoms with E-state index in [0.29, 0.717) is 13.0 Å². The highest BCUT2D eigenvalue weighted by Gasteiger charge is 2.28. The molecule has 0 saturated carbocycles. The SMILES string of the molecule is COCc1ccccc1CC(Br)C(=O)C(C)(C)C. The lowest BCUT2D eigenvalue weighted by Gasteiger charge is -2.21. The molecule has 0 heterocycles. The zero-order chi connectivity index (χ0) is 13.8. The molecule has 18 heavy (non-hydrogen) atoms. The summed E-state index contributed by atoms with van der Waals surface area (Å²) in [6, 6.07) is 8.08. The second kappa shape index (κ2) is 6.48. The van der Waals surface area contributed by atoms with Crippen LogP contribution in [0.1, 0.15) is 31.9 Å². The zero-order valence-corrected chi connectivity index (χ0v) is 13.1.